The van der Waals surface area contributed by atoms with Gasteiger partial charge in [0.1, 0.15) is 14.1 Å². The molecule has 0 bridgehead atoms. The van der Waals surface area contributed by atoms with Gasteiger partial charge in [-0.05, 0) is 38.0 Å². The molecule has 3 heterocycles. The molecule has 1 fully saturated rings. The number of carbonyl (C=O) groups excluding carboxylic acids is 1. The SMILES string of the molecule is COc1ccc(NS(=O)(=O)c2cc(-c3nc(C)c(C(=O)N4CCCC4)s3)cs2)cc1OC. The number of sulfonamides is 1. The average Bonchev–Trinajstić information content (AvgIpc) is 3.53. The number of benzene rings is 1. The lowest BCUT2D eigenvalue weighted by molar-refractivity contribution is 0.0796. The zero-order chi connectivity index (χ0) is 22.9. The minimum absolute atomic E-state index is 0.00180. The first-order valence-corrected chi connectivity index (χ1v) is 13.1. The number of amides is 1. The highest BCUT2D eigenvalue weighted by molar-refractivity contribution is 7.94. The van der Waals surface area contributed by atoms with E-state index in [0.29, 0.717) is 38.3 Å². The van der Waals surface area contributed by atoms with Crippen molar-refractivity contribution >= 4 is 44.3 Å². The molecule has 8 nitrogen and oxygen atoms in total. The van der Waals surface area contributed by atoms with Gasteiger partial charge in [-0.3, -0.25) is 9.52 Å². The van der Waals surface area contributed by atoms with Crippen molar-refractivity contribution in [2.75, 3.05) is 32.0 Å². The van der Waals surface area contributed by atoms with Crippen LogP contribution in [-0.2, 0) is 10.0 Å². The number of ether oxygens (including phenoxy) is 2. The molecule has 2 aromatic heterocycles. The van der Waals surface area contributed by atoms with Crippen LogP contribution < -0.4 is 14.2 Å². The number of aryl methyl sites for hydroxylation is 1. The number of nitrogens with zero attached hydrogens (tertiary/aromatic N) is 2. The number of hydrogen-bond donors (Lipinski definition) is 1. The standard InChI is InChI=1S/C21H23N3O5S3/c1-13-19(21(25)24-8-4-5-9-24)31-20(22-13)14-10-18(30-12-14)32(26,27)23-15-6-7-16(28-2)17(11-15)29-3/h6-7,10-12,23H,4-5,8-9H2,1-3H3. The topological polar surface area (TPSA) is 97.8 Å². The molecule has 3 aromatic rings. The fraction of sp³-hybridized carbons (Fsp3) is 0.333. The van der Waals surface area contributed by atoms with Gasteiger partial charge >= 0.3 is 0 Å². The van der Waals surface area contributed by atoms with Crippen molar-refractivity contribution in [2.24, 2.45) is 0 Å². The van der Waals surface area contributed by atoms with Gasteiger partial charge in [0.2, 0.25) is 0 Å². The first-order chi connectivity index (χ1) is 15.3. The predicted octanol–water partition coefficient (Wildman–Crippen LogP) is 4.23. The molecule has 11 heteroatoms. The van der Waals surface area contributed by atoms with Crippen molar-refractivity contribution in [3.8, 4) is 22.1 Å². The Bertz CT molecular complexity index is 1240. The molecule has 170 valence electrons. The predicted molar refractivity (Wildman–Crippen MR) is 126 cm³/mol. The Balaban J connectivity index is 1.56. The highest BCUT2D eigenvalue weighted by Crippen LogP contribution is 2.35. The lowest BCUT2D eigenvalue weighted by atomic mass is 10.3. The van der Waals surface area contributed by atoms with E-state index in [4.69, 9.17) is 9.47 Å². The fourth-order valence-electron chi connectivity index (χ4n) is 3.46. The van der Waals surface area contributed by atoms with Crippen LogP contribution >= 0.6 is 22.7 Å². The maximum absolute atomic E-state index is 12.9. The second-order valence-electron chi connectivity index (χ2n) is 7.26. The van der Waals surface area contributed by atoms with Crippen molar-refractivity contribution in [1.29, 1.82) is 0 Å². The van der Waals surface area contributed by atoms with Gasteiger partial charge in [-0.2, -0.15) is 0 Å². The van der Waals surface area contributed by atoms with Crippen molar-refractivity contribution in [2.45, 2.75) is 24.0 Å². The van der Waals surface area contributed by atoms with Crippen LogP contribution in [0, 0.1) is 6.92 Å². The summed E-state index contributed by atoms with van der Waals surface area (Å²) >= 11 is 2.41. The van der Waals surface area contributed by atoms with E-state index in [1.165, 1.54) is 25.6 Å². The maximum atomic E-state index is 12.9. The summed E-state index contributed by atoms with van der Waals surface area (Å²) in [6, 6.07) is 6.38. The molecule has 0 radical (unpaired) electrons. The number of carbonyl (C=O) groups is 1. The Labute approximate surface area is 194 Å². The van der Waals surface area contributed by atoms with Crippen LogP contribution in [0.3, 0.4) is 0 Å². The molecule has 1 aliphatic heterocycles. The van der Waals surface area contributed by atoms with Crippen molar-refractivity contribution in [3.05, 3.63) is 40.2 Å². The summed E-state index contributed by atoms with van der Waals surface area (Å²) in [5, 5.41) is 2.37. The van der Waals surface area contributed by atoms with Gasteiger partial charge in [0.25, 0.3) is 15.9 Å². The summed E-state index contributed by atoms with van der Waals surface area (Å²) in [7, 11) is -0.804. The number of hydrogen-bond acceptors (Lipinski definition) is 8. The highest BCUT2D eigenvalue weighted by atomic mass is 32.2. The van der Waals surface area contributed by atoms with Crippen LogP contribution in [-0.4, -0.2) is 51.5 Å². The molecule has 0 unspecified atom stereocenters. The van der Waals surface area contributed by atoms with Crippen LogP contribution in [0.5, 0.6) is 11.5 Å². The Hall–Kier alpha value is -2.63. The van der Waals surface area contributed by atoms with Gasteiger partial charge in [-0.25, -0.2) is 13.4 Å². The molecule has 1 aromatic carbocycles. The van der Waals surface area contributed by atoms with Gasteiger partial charge in [0.05, 0.1) is 25.6 Å². The first kappa shape index (κ1) is 22.6. The number of thiazole rings is 1. The van der Waals surface area contributed by atoms with Crippen LogP contribution in [0.25, 0.3) is 10.6 Å². The number of thiophene rings is 1. The average molecular weight is 494 g/mol. The van der Waals surface area contributed by atoms with Crippen molar-refractivity contribution < 1.29 is 22.7 Å². The van der Waals surface area contributed by atoms with Gasteiger partial charge in [-0.15, -0.1) is 22.7 Å². The van der Waals surface area contributed by atoms with E-state index >= 15 is 0 Å². The maximum Gasteiger partial charge on any atom is 0.271 e. The quantitative estimate of drug-likeness (QED) is 0.529. The van der Waals surface area contributed by atoms with Crippen LogP contribution in [0.4, 0.5) is 5.69 Å². The van der Waals surface area contributed by atoms with E-state index in [2.05, 4.69) is 9.71 Å². The van der Waals surface area contributed by atoms with Crippen molar-refractivity contribution in [1.82, 2.24) is 9.88 Å². The smallest absolute Gasteiger partial charge is 0.271 e. The summed E-state index contributed by atoms with van der Waals surface area (Å²) < 4.78 is 38.9. The second-order valence-corrected chi connectivity index (χ2v) is 11.1. The normalized spacial score (nSPS) is 13.9. The van der Waals surface area contributed by atoms with E-state index in [9.17, 15) is 13.2 Å². The monoisotopic (exact) mass is 493 g/mol. The molecular formula is C21H23N3O5S3. The third kappa shape index (κ3) is 4.45. The number of rotatable bonds is 7. The number of methoxy groups -OCH3 is 2. The molecule has 0 spiro atoms. The lowest BCUT2D eigenvalue weighted by Gasteiger charge is -2.13. The third-order valence-corrected chi connectivity index (χ3v) is 9.12. The third-order valence-electron chi connectivity index (χ3n) is 5.11. The van der Waals surface area contributed by atoms with E-state index in [-0.39, 0.29) is 10.1 Å². The highest BCUT2D eigenvalue weighted by Gasteiger charge is 2.25. The van der Waals surface area contributed by atoms with Crippen molar-refractivity contribution in [3.63, 3.8) is 0 Å². The summed E-state index contributed by atoms with van der Waals surface area (Å²) in [5.41, 5.74) is 1.71. The molecule has 32 heavy (non-hydrogen) atoms. The molecule has 0 aliphatic carbocycles. The van der Waals surface area contributed by atoms with E-state index in [1.807, 2.05) is 11.8 Å². The number of anilines is 1. The summed E-state index contributed by atoms with van der Waals surface area (Å²) in [6.07, 6.45) is 2.05. The van der Waals surface area contributed by atoms with E-state index in [0.717, 1.165) is 37.3 Å². The summed E-state index contributed by atoms with van der Waals surface area (Å²) in [4.78, 5) is 19.7. The molecule has 0 saturated carbocycles. The minimum Gasteiger partial charge on any atom is -0.493 e. The largest absolute Gasteiger partial charge is 0.493 e. The molecule has 1 amide bonds. The van der Waals surface area contributed by atoms with Gasteiger partial charge in [0.15, 0.2) is 11.5 Å². The number of aromatic nitrogens is 1. The molecular weight excluding hydrogens is 470 g/mol. The molecule has 4 rings (SSSR count). The molecule has 1 saturated heterocycles. The fourth-order valence-corrected chi connectivity index (χ4v) is 6.77. The first-order valence-electron chi connectivity index (χ1n) is 9.93. The van der Waals surface area contributed by atoms with Gasteiger partial charge in [0, 0.05) is 30.1 Å². The van der Waals surface area contributed by atoms with Crippen LogP contribution in [0.15, 0.2) is 33.9 Å². The van der Waals surface area contributed by atoms with Crippen LogP contribution in [0.1, 0.15) is 28.2 Å². The van der Waals surface area contributed by atoms with Gasteiger partial charge in [-0.1, -0.05) is 0 Å². The second kappa shape index (κ2) is 9.08. The van der Waals surface area contributed by atoms with Gasteiger partial charge < -0.3 is 14.4 Å². The Morgan fingerprint density at radius 1 is 1.12 bits per heavy atom. The summed E-state index contributed by atoms with van der Waals surface area (Å²) in [6.45, 7) is 3.36. The number of likely N-dealkylation sites (tertiary alicyclic amines) is 1. The summed E-state index contributed by atoms with van der Waals surface area (Å²) in [5.74, 6) is 0.933. The minimum atomic E-state index is -3.80. The molecule has 1 aliphatic rings. The number of nitrogens with one attached hydrogen (secondary N) is 1. The molecule has 1 N–H and O–H groups in total. The Morgan fingerprint density at radius 3 is 2.53 bits per heavy atom. The van der Waals surface area contributed by atoms with Crippen LogP contribution in [0.2, 0.25) is 0 Å². The Morgan fingerprint density at radius 2 is 1.84 bits per heavy atom. The zero-order valence-electron chi connectivity index (χ0n) is 17.9. The van der Waals surface area contributed by atoms with E-state index in [1.54, 1.807) is 29.6 Å². The molecule has 0 atom stereocenters. The lowest BCUT2D eigenvalue weighted by Crippen LogP contribution is -2.27. The zero-order valence-corrected chi connectivity index (χ0v) is 20.3. The Kier molecular flexibility index (Phi) is 6.40. The van der Waals surface area contributed by atoms with E-state index < -0.39 is 10.0 Å².